The van der Waals surface area contributed by atoms with E-state index >= 15 is 0 Å². The Morgan fingerprint density at radius 3 is 2.81 bits per heavy atom. The SMILES string of the molecule is CNC(C)Cc1nnc2nc(C)cc(C)n12. The number of hydrogen-bond acceptors (Lipinski definition) is 4. The van der Waals surface area contributed by atoms with Gasteiger partial charge in [-0.1, -0.05) is 0 Å². The largest absolute Gasteiger partial charge is 0.317 e. The molecule has 2 rings (SSSR count). The van der Waals surface area contributed by atoms with Crippen LogP contribution in [-0.2, 0) is 6.42 Å². The lowest BCUT2D eigenvalue weighted by molar-refractivity contribution is 0.586. The molecule has 2 heterocycles. The monoisotopic (exact) mass is 219 g/mol. The average molecular weight is 219 g/mol. The van der Waals surface area contributed by atoms with E-state index in [0.29, 0.717) is 11.8 Å². The predicted octanol–water partition coefficient (Wildman–Crippen LogP) is 0.892. The fourth-order valence-electron chi connectivity index (χ4n) is 1.81. The Labute approximate surface area is 94.9 Å². The van der Waals surface area contributed by atoms with Crippen molar-refractivity contribution in [2.24, 2.45) is 0 Å². The molecule has 5 nitrogen and oxygen atoms in total. The predicted molar refractivity (Wildman–Crippen MR) is 62.5 cm³/mol. The van der Waals surface area contributed by atoms with Crippen LogP contribution < -0.4 is 5.32 Å². The molecular weight excluding hydrogens is 202 g/mol. The lowest BCUT2D eigenvalue weighted by Crippen LogP contribution is -2.24. The van der Waals surface area contributed by atoms with Crippen molar-refractivity contribution in [1.82, 2.24) is 24.9 Å². The molecule has 0 saturated heterocycles. The molecule has 0 radical (unpaired) electrons. The summed E-state index contributed by atoms with van der Waals surface area (Å²) in [5.41, 5.74) is 2.11. The minimum atomic E-state index is 0.383. The lowest BCUT2D eigenvalue weighted by Gasteiger charge is -2.09. The highest BCUT2D eigenvalue weighted by Crippen LogP contribution is 2.09. The van der Waals surface area contributed by atoms with Gasteiger partial charge in [0.25, 0.3) is 5.78 Å². The number of likely N-dealkylation sites (N-methyl/N-ethyl adjacent to an activating group) is 1. The molecule has 1 N–H and O–H groups in total. The summed E-state index contributed by atoms with van der Waals surface area (Å²) in [5.74, 6) is 1.65. The van der Waals surface area contributed by atoms with Gasteiger partial charge < -0.3 is 5.32 Å². The molecule has 16 heavy (non-hydrogen) atoms. The number of nitrogens with zero attached hydrogens (tertiary/aromatic N) is 4. The first kappa shape index (κ1) is 11.0. The zero-order valence-corrected chi connectivity index (χ0v) is 10.2. The Morgan fingerprint density at radius 2 is 2.12 bits per heavy atom. The highest BCUT2D eigenvalue weighted by molar-refractivity contribution is 5.32. The zero-order chi connectivity index (χ0) is 11.7. The zero-order valence-electron chi connectivity index (χ0n) is 10.2. The number of hydrogen-bond donors (Lipinski definition) is 1. The van der Waals surface area contributed by atoms with E-state index in [1.807, 2.05) is 24.4 Å². The van der Waals surface area contributed by atoms with E-state index in [1.165, 1.54) is 0 Å². The fraction of sp³-hybridized carbons (Fsp3) is 0.545. The van der Waals surface area contributed by atoms with Crippen LogP contribution in [0.2, 0.25) is 0 Å². The minimum Gasteiger partial charge on any atom is -0.317 e. The molecule has 86 valence electrons. The van der Waals surface area contributed by atoms with E-state index < -0.39 is 0 Å². The summed E-state index contributed by atoms with van der Waals surface area (Å²) in [4.78, 5) is 4.36. The molecule has 0 amide bonds. The Bertz CT molecular complexity index is 502. The van der Waals surface area contributed by atoms with Gasteiger partial charge in [0.1, 0.15) is 5.82 Å². The standard InChI is InChI=1S/C11H17N5/c1-7(12-4)6-10-14-15-11-13-8(2)5-9(3)16(10)11/h5,7,12H,6H2,1-4H3. The molecule has 0 fully saturated rings. The molecule has 1 unspecified atom stereocenters. The third-order valence-corrected chi connectivity index (χ3v) is 2.74. The Balaban J connectivity index is 2.48. The Kier molecular flexibility index (Phi) is 2.87. The normalized spacial score (nSPS) is 13.2. The van der Waals surface area contributed by atoms with Crippen LogP contribution in [0.15, 0.2) is 6.07 Å². The molecule has 2 aromatic rings. The third kappa shape index (κ3) is 1.90. The average Bonchev–Trinajstić information content (AvgIpc) is 2.61. The molecular formula is C11H17N5. The van der Waals surface area contributed by atoms with E-state index in [-0.39, 0.29) is 0 Å². The van der Waals surface area contributed by atoms with Gasteiger partial charge in [-0.15, -0.1) is 10.2 Å². The molecule has 0 aliphatic rings. The Hall–Kier alpha value is -1.49. The first-order chi connectivity index (χ1) is 7.61. The number of nitrogens with one attached hydrogen (secondary N) is 1. The number of aryl methyl sites for hydroxylation is 2. The van der Waals surface area contributed by atoms with Gasteiger partial charge in [-0.05, 0) is 33.9 Å². The summed E-state index contributed by atoms with van der Waals surface area (Å²) in [6.07, 6.45) is 0.850. The first-order valence-corrected chi connectivity index (χ1v) is 5.47. The molecule has 2 aromatic heterocycles. The molecule has 0 aliphatic heterocycles. The van der Waals surface area contributed by atoms with E-state index in [9.17, 15) is 0 Å². The van der Waals surface area contributed by atoms with Crippen LogP contribution in [-0.4, -0.2) is 32.7 Å². The fourth-order valence-corrected chi connectivity index (χ4v) is 1.81. The molecule has 0 spiro atoms. The van der Waals surface area contributed by atoms with Gasteiger partial charge in [0.05, 0.1) is 0 Å². The van der Waals surface area contributed by atoms with Crippen molar-refractivity contribution >= 4 is 5.78 Å². The number of aromatic nitrogens is 4. The van der Waals surface area contributed by atoms with Gasteiger partial charge >= 0.3 is 0 Å². The van der Waals surface area contributed by atoms with Crippen LogP contribution in [0, 0.1) is 13.8 Å². The molecule has 0 saturated carbocycles. The van der Waals surface area contributed by atoms with Crippen molar-refractivity contribution in [2.45, 2.75) is 33.2 Å². The first-order valence-electron chi connectivity index (χ1n) is 5.47. The summed E-state index contributed by atoms with van der Waals surface area (Å²) in [6.45, 7) is 6.15. The van der Waals surface area contributed by atoms with Gasteiger partial charge in [-0.25, -0.2) is 4.98 Å². The van der Waals surface area contributed by atoms with Crippen molar-refractivity contribution in [1.29, 1.82) is 0 Å². The topological polar surface area (TPSA) is 55.1 Å². The maximum absolute atomic E-state index is 4.36. The summed E-state index contributed by atoms with van der Waals surface area (Å²) < 4.78 is 2.01. The van der Waals surface area contributed by atoms with Gasteiger partial charge in [-0.3, -0.25) is 4.40 Å². The lowest BCUT2D eigenvalue weighted by atomic mass is 10.2. The van der Waals surface area contributed by atoms with Crippen molar-refractivity contribution in [3.63, 3.8) is 0 Å². The molecule has 1 atom stereocenters. The van der Waals surface area contributed by atoms with Crippen LogP contribution in [0.4, 0.5) is 0 Å². The van der Waals surface area contributed by atoms with Crippen LogP contribution in [0.5, 0.6) is 0 Å². The summed E-state index contributed by atoms with van der Waals surface area (Å²) in [7, 11) is 1.95. The summed E-state index contributed by atoms with van der Waals surface area (Å²) >= 11 is 0. The second kappa shape index (κ2) is 4.17. The van der Waals surface area contributed by atoms with Gasteiger partial charge in [0, 0.05) is 23.9 Å². The van der Waals surface area contributed by atoms with Gasteiger partial charge in [-0.2, -0.15) is 0 Å². The van der Waals surface area contributed by atoms with Crippen LogP contribution >= 0.6 is 0 Å². The van der Waals surface area contributed by atoms with Crippen molar-refractivity contribution < 1.29 is 0 Å². The quantitative estimate of drug-likeness (QED) is 0.833. The van der Waals surface area contributed by atoms with Crippen molar-refractivity contribution in [3.05, 3.63) is 23.3 Å². The van der Waals surface area contributed by atoms with Crippen LogP contribution in [0.25, 0.3) is 5.78 Å². The highest BCUT2D eigenvalue weighted by Gasteiger charge is 2.11. The van der Waals surface area contributed by atoms with E-state index in [2.05, 4.69) is 34.3 Å². The van der Waals surface area contributed by atoms with E-state index in [4.69, 9.17) is 0 Å². The number of rotatable bonds is 3. The molecule has 0 aromatic carbocycles. The van der Waals surface area contributed by atoms with Crippen LogP contribution in [0.3, 0.4) is 0 Å². The summed E-state index contributed by atoms with van der Waals surface area (Å²) in [5, 5.41) is 11.5. The maximum atomic E-state index is 4.36. The van der Waals surface area contributed by atoms with Crippen molar-refractivity contribution in [3.8, 4) is 0 Å². The molecule has 0 bridgehead atoms. The molecule has 5 heteroatoms. The third-order valence-electron chi connectivity index (χ3n) is 2.74. The smallest absolute Gasteiger partial charge is 0.255 e. The maximum Gasteiger partial charge on any atom is 0.255 e. The van der Waals surface area contributed by atoms with Gasteiger partial charge in [0.15, 0.2) is 0 Å². The van der Waals surface area contributed by atoms with Gasteiger partial charge in [0.2, 0.25) is 0 Å². The Morgan fingerprint density at radius 1 is 1.38 bits per heavy atom. The second-order valence-corrected chi connectivity index (χ2v) is 4.18. The van der Waals surface area contributed by atoms with E-state index in [0.717, 1.165) is 23.6 Å². The second-order valence-electron chi connectivity index (χ2n) is 4.18. The highest BCUT2D eigenvalue weighted by atomic mass is 15.3. The van der Waals surface area contributed by atoms with Crippen molar-refractivity contribution in [2.75, 3.05) is 7.05 Å². The molecule has 0 aliphatic carbocycles. The minimum absolute atomic E-state index is 0.383. The summed E-state index contributed by atoms with van der Waals surface area (Å²) in [6, 6.07) is 2.43. The number of fused-ring (bicyclic) bond motifs is 1. The van der Waals surface area contributed by atoms with Crippen LogP contribution in [0.1, 0.15) is 24.1 Å². The van der Waals surface area contributed by atoms with E-state index in [1.54, 1.807) is 0 Å².